The number of aromatic nitrogens is 2. The van der Waals surface area contributed by atoms with Gasteiger partial charge in [-0.3, -0.25) is 9.58 Å². The summed E-state index contributed by atoms with van der Waals surface area (Å²) in [5.74, 6) is 0.780. The number of likely N-dealkylation sites (tertiary alicyclic amines) is 1. The van der Waals surface area contributed by atoms with E-state index in [0.717, 1.165) is 42.2 Å². The molecule has 174 valence electrons. The first kappa shape index (κ1) is 23.1. The van der Waals surface area contributed by atoms with Gasteiger partial charge in [-0.05, 0) is 67.9 Å². The lowest BCUT2D eigenvalue weighted by atomic mass is 10.1. The Hall–Kier alpha value is -3.03. The number of nitrogens with one attached hydrogen (secondary N) is 2. The van der Waals surface area contributed by atoms with Crippen LogP contribution in [0.4, 0.5) is 10.5 Å². The number of hydrogen-bond donors (Lipinski definition) is 2. The van der Waals surface area contributed by atoms with Gasteiger partial charge in [-0.25, -0.2) is 4.79 Å². The van der Waals surface area contributed by atoms with Crippen molar-refractivity contribution in [1.29, 1.82) is 0 Å². The third-order valence-electron chi connectivity index (χ3n) is 5.81. The summed E-state index contributed by atoms with van der Waals surface area (Å²) in [5, 5.41) is 10.7. The number of ether oxygens (including phenoxy) is 1. The molecule has 2 heterocycles. The van der Waals surface area contributed by atoms with Crippen LogP contribution in [-0.2, 0) is 13.6 Å². The molecule has 0 unspecified atom stereocenters. The van der Waals surface area contributed by atoms with Crippen molar-refractivity contribution in [1.82, 2.24) is 20.0 Å². The molecule has 0 aliphatic carbocycles. The van der Waals surface area contributed by atoms with E-state index < -0.39 is 0 Å². The van der Waals surface area contributed by atoms with Crippen LogP contribution in [0.25, 0.3) is 11.3 Å². The van der Waals surface area contributed by atoms with Crippen molar-refractivity contribution in [3.05, 3.63) is 65.3 Å². The minimum absolute atomic E-state index is 0.278. The molecule has 4 rings (SSSR count). The van der Waals surface area contributed by atoms with Crippen LogP contribution >= 0.6 is 11.6 Å². The maximum atomic E-state index is 12.4. The van der Waals surface area contributed by atoms with E-state index in [4.69, 9.17) is 16.3 Å². The van der Waals surface area contributed by atoms with E-state index in [1.807, 2.05) is 43.4 Å². The van der Waals surface area contributed by atoms with Gasteiger partial charge in [0.15, 0.2) is 0 Å². The van der Waals surface area contributed by atoms with Crippen molar-refractivity contribution < 1.29 is 9.53 Å². The molecule has 2 N–H and O–H groups in total. The maximum Gasteiger partial charge on any atom is 0.319 e. The van der Waals surface area contributed by atoms with Gasteiger partial charge in [-0.1, -0.05) is 30.2 Å². The Bertz CT molecular complexity index is 1060. The molecule has 1 fully saturated rings. The van der Waals surface area contributed by atoms with E-state index in [0.29, 0.717) is 23.9 Å². The molecule has 3 aromatic rings. The zero-order chi connectivity index (χ0) is 23.0. The topological polar surface area (TPSA) is 71.4 Å². The van der Waals surface area contributed by atoms with Crippen molar-refractivity contribution in [2.75, 3.05) is 31.6 Å². The smallest absolute Gasteiger partial charge is 0.319 e. The molecule has 7 nitrogen and oxygen atoms in total. The first-order chi connectivity index (χ1) is 16.1. The molecule has 0 bridgehead atoms. The second-order valence-electron chi connectivity index (χ2n) is 8.24. The number of amides is 2. The largest absolute Gasteiger partial charge is 0.492 e. The number of benzene rings is 2. The molecule has 2 aromatic carbocycles. The van der Waals surface area contributed by atoms with Gasteiger partial charge in [0.05, 0.1) is 5.69 Å². The summed E-state index contributed by atoms with van der Waals surface area (Å²) in [6, 6.07) is 14.7. The number of hydrogen-bond acceptors (Lipinski definition) is 4. The quantitative estimate of drug-likeness (QED) is 0.493. The highest BCUT2D eigenvalue weighted by molar-refractivity contribution is 6.30. The van der Waals surface area contributed by atoms with E-state index in [2.05, 4.69) is 20.6 Å². The number of aryl methyl sites for hydroxylation is 1. The zero-order valence-electron chi connectivity index (χ0n) is 18.9. The fourth-order valence-corrected chi connectivity index (χ4v) is 4.13. The molecule has 0 saturated carbocycles. The molecule has 8 heteroatoms. The first-order valence-electron chi connectivity index (χ1n) is 11.4. The number of halogens is 1. The fourth-order valence-electron chi connectivity index (χ4n) is 4.00. The second kappa shape index (κ2) is 11.2. The van der Waals surface area contributed by atoms with Gasteiger partial charge in [0.2, 0.25) is 0 Å². The SMILES string of the molecule is Cn1nccc1-c1cc(NC(=O)NCc2ccc(Cl)cc2)ccc1OCCN1CCCCC1. The van der Waals surface area contributed by atoms with Crippen LogP contribution in [0.2, 0.25) is 5.02 Å². The van der Waals surface area contributed by atoms with E-state index in [1.54, 1.807) is 23.0 Å². The Morgan fingerprint density at radius 1 is 1.09 bits per heavy atom. The number of piperidine rings is 1. The van der Waals surface area contributed by atoms with Gasteiger partial charge in [-0.15, -0.1) is 0 Å². The Balaban J connectivity index is 1.41. The predicted octanol–water partition coefficient (Wildman–Crippen LogP) is 4.93. The van der Waals surface area contributed by atoms with Gasteiger partial charge < -0.3 is 15.4 Å². The van der Waals surface area contributed by atoms with Crippen molar-refractivity contribution in [3.63, 3.8) is 0 Å². The van der Waals surface area contributed by atoms with Gasteiger partial charge >= 0.3 is 6.03 Å². The third kappa shape index (κ3) is 6.49. The monoisotopic (exact) mass is 467 g/mol. The van der Waals surface area contributed by atoms with Crippen molar-refractivity contribution in [3.8, 4) is 17.0 Å². The molecule has 0 spiro atoms. The molecule has 33 heavy (non-hydrogen) atoms. The molecule has 0 atom stereocenters. The number of nitrogens with zero attached hydrogens (tertiary/aromatic N) is 3. The lowest BCUT2D eigenvalue weighted by molar-refractivity contribution is 0.183. The summed E-state index contributed by atoms with van der Waals surface area (Å²) in [6.07, 6.45) is 5.61. The van der Waals surface area contributed by atoms with Gasteiger partial charge in [-0.2, -0.15) is 5.10 Å². The summed E-state index contributed by atoms with van der Waals surface area (Å²) < 4.78 is 7.97. The van der Waals surface area contributed by atoms with Crippen LogP contribution in [0, 0.1) is 0 Å². The first-order valence-corrected chi connectivity index (χ1v) is 11.7. The Morgan fingerprint density at radius 2 is 1.88 bits per heavy atom. The van der Waals surface area contributed by atoms with Crippen LogP contribution in [0.5, 0.6) is 5.75 Å². The normalized spacial score (nSPS) is 14.1. The van der Waals surface area contributed by atoms with Crippen molar-refractivity contribution in [2.24, 2.45) is 7.05 Å². The lowest BCUT2D eigenvalue weighted by Gasteiger charge is -2.26. The van der Waals surface area contributed by atoms with Crippen molar-refractivity contribution in [2.45, 2.75) is 25.8 Å². The molecule has 1 saturated heterocycles. The van der Waals surface area contributed by atoms with Crippen LogP contribution in [-0.4, -0.2) is 47.0 Å². The summed E-state index contributed by atoms with van der Waals surface area (Å²) >= 11 is 5.92. The van der Waals surface area contributed by atoms with Crippen LogP contribution in [0.1, 0.15) is 24.8 Å². The van der Waals surface area contributed by atoms with Crippen LogP contribution in [0.3, 0.4) is 0 Å². The number of urea groups is 1. The van der Waals surface area contributed by atoms with E-state index in [-0.39, 0.29) is 6.03 Å². The molecular weight excluding hydrogens is 438 g/mol. The van der Waals surface area contributed by atoms with Gasteiger partial charge in [0.25, 0.3) is 0 Å². The predicted molar refractivity (Wildman–Crippen MR) is 132 cm³/mol. The molecule has 1 aromatic heterocycles. The highest BCUT2D eigenvalue weighted by Gasteiger charge is 2.14. The summed E-state index contributed by atoms with van der Waals surface area (Å²) in [7, 11) is 1.89. The summed E-state index contributed by atoms with van der Waals surface area (Å²) in [5.41, 5.74) is 3.48. The Kier molecular flexibility index (Phi) is 7.86. The summed E-state index contributed by atoms with van der Waals surface area (Å²) in [4.78, 5) is 14.9. The molecule has 1 aliphatic heterocycles. The minimum Gasteiger partial charge on any atom is -0.492 e. The standard InChI is InChI=1S/C25H30ClN5O2/c1-30-23(11-12-28-30)22-17-21(29-25(32)27-18-19-5-7-20(26)8-6-19)9-10-24(22)33-16-15-31-13-3-2-4-14-31/h5-12,17H,2-4,13-16,18H2,1H3,(H2,27,29,32). The lowest BCUT2D eigenvalue weighted by Crippen LogP contribution is -2.33. The highest BCUT2D eigenvalue weighted by Crippen LogP contribution is 2.32. The highest BCUT2D eigenvalue weighted by atomic mass is 35.5. The average molecular weight is 468 g/mol. The minimum atomic E-state index is -0.278. The summed E-state index contributed by atoms with van der Waals surface area (Å²) in [6.45, 7) is 4.24. The van der Waals surface area contributed by atoms with Crippen LogP contribution in [0.15, 0.2) is 54.7 Å². The van der Waals surface area contributed by atoms with Crippen molar-refractivity contribution >= 4 is 23.3 Å². The van der Waals surface area contributed by atoms with E-state index in [9.17, 15) is 4.79 Å². The van der Waals surface area contributed by atoms with Gasteiger partial charge in [0, 0.05) is 42.6 Å². The number of anilines is 1. The molecule has 1 aliphatic rings. The second-order valence-corrected chi connectivity index (χ2v) is 8.67. The Labute approximate surface area is 199 Å². The average Bonchev–Trinajstić information content (AvgIpc) is 3.26. The van der Waals surface area contributed by atoms with Crippen LogP contribution < -0.4 is 15.4 Å². The number of rotatable bonds is 8. The maximum absolute atomic E-state index is 12.4. The number of carbonyl (C=O) groups is 1. The van der Waals surface area contributed by atoms with Gasteiger partial charge in [0.1, 0.15) is 12.4 Å². The number of carbonyl (C=O) groups excluding carboxylic acids is 1. The third-order valence-corrected chi connectivity index (χ3v) is 6.07. The van der Waals surface area contributed by atoms with E-state index >= 15 is 0 Å². The fraction of sp³-hybridized carbons (Fsp3) is 0.360. The molecule has 0 radical (unpaired) electrons. The van der Waals surface area contributed by atoms with E-state index in [1.165, 1.54) is 19.3 Å². The molecule has 2 amide bonds. The molecular formula is C25H30ClN5O2. The Morgan fingerprint density at radius 3 is 2.61 bits per heavy atom. The zero-order valence-corrected chi connectivity index (χ0v) is 19.6.